The molecule has 1 saturated heterocycles. The Hall–Kier alpha value is -2.89. The van der Waals surface area contributed by atoms with E-state index in [1.165, 1.54) is 12.1 Å². The summed E-state index contributed by atoms with van der Waals surface area (Å²) in [6, 6.07) is 7.81. The van der Waals surface area contributed by atoms with Gasteiger partial charge in [-0.05, 0) is 31.2 Å². The Balaban J connectivity index is 1.90. The van der Waals surface area contributed by atoms with E-state index in [4.69, 9.17) is 26.3 Å². The monoisotopic (exact) mass is 404 g/mol. The molecular weight excluding hydrogens is 387 g/mol. The molecule has 1 aromatic carbocycles. The van der Waals surface area contributed by atoms with Crippen molar-refractivity contribution in [1.82, 2.24) is 4.98 Å². The summed E-state index contributed by atoms with van der Waals surface area (Å²) in [4.78, 5) is 18.2. The number of pyridine rings is 1. The first-order chi connectivity index (χ1) is 13.5. The highest BCUT2D eigenvalue weighted by molar-refractivity contribution is 6.30. The summed E-state index contributed by atoms with van der Waals surface area (Å²) < 4.78 is 24.9. The lowest BCUT2D eigenvalue weighted by Crippen LogP contribution is -2.36. The number of ether oxygens (including phenoxy) is 2. The van der Waals surface area contributed by atoms with Crippen molar-refractivity contribution in [3.05, 3.63) is 46.4 Å². The maximum absolute atomic E-state index is 14.6. The van der Waals surface area contributed by atoms with Crippen LogP contribution >= 0.6 is 11.6 Å². The number of nitriles is 1. The van der Waals surface area contributed by atoms with Crippen LogP contribution in [0.3, 0.4) is 0 Å². The lowest BCUT2D eigenvalue weighted by Gasteiger charge is -2.29. The normalized spacial score (nSPS) is 13.7. The second-order valence-corrected chi connectivity index (χ2v) is 6.30. The van der Waals surface area contributed by atoms with E-state index < -0.39 is 11.8 Å². The van der Waals surface area contributed by atoms with Gasteiger partial charge in [0.1, 0.15) is 28.4 Å². The largest absolute Gasteiger partial charge is 0.462 e. The summed E-state index contributed by atoms with van der Waals surface area (Å²) in [6.07, 6.45) is 0. The number of aromatic nitrogens is 1. The first-order valence-corrected chi connectivity index (χ1v) is 9.08. The van der Waals surface area contributed by atoms with E-state index in [2.05, 4.69) is 10.3 Å². The van der Waals surface area contributed by atoms with Crippen molar-refractivity contribution in [2.24, 2.45) is 0 Å². The molecule has 0 bridgehead atoms. The predicted molar refractivity (Wildman–Crippen MR) is 103 cm³/mol. The number of morpholine rings is 1. The highest BCUT2D eigenvalue weighted by Crippen LogP contribution is 2.28. The molecule has 1 N–H and O–H groups in total. The van der Waals surface area contributed by atoms with Crippen molar-refractivity contribution >= 4 is 34.8 Å². The standard InChI is InChI=1S/C19H18ClFN4O3/c1-2-28-19(26)14-9-12(11-22)17(20)24-18(14)23-13-3-4-16(15(21)10-13)25-5-7-27-8-6-25/h3-4,9-10H,2,5-8H2,1H3,(H,23,24). The van der Waals surface area contributed by atoms with E-state index in [0.717, 1.165) is 0 Å². The molecule has 0 saturated carbocycles. The molecule has 0 atom stereocenters. The minimum absolute atomic E-state index is 0.0421. The van der Waals surface area contributed by atoms with E-state index in [0.29, 0.717) is 37.7 Å². The van der Waals surface area contributed by atoms with Gasteiger partial charge in [0.25, 0.3) is 0 Å². The Bertz CT molecular complexity index is 926. The molecule has 0 radical (unpaired) electrons. The van der Waals surface area contributed by atoms with Crippen molar-refractivity contribution in [3.8, 4) is 6.07 Å². The summed E-state index contributed by atoms with van der Waals surface area (Å²) in [6.45, 7) is 4.16. The first kappa shape index (κ1) is 19.9. The maximum atomic E-state index is 14.6. The van der Waals surface area contributed by atoms with Crippen molar-refractivity contribution < 1.29 is 18.7 Å². The van der Waals surface area contributed by atoms with Gasteiger partial charge in [0.05, 0.1) is 31.1 Å². The molecular formula is C19H18ClFN4O3. The fraction of sp³-hybridized carbons (Fsp3) is 0.316. The van der Waals surface area contributed by atoms with Crippen LogP contribution in [0.1, 0.15) is 22.8 Å². The van der Waals surface area contributed by atoms with Gasteiger partial charge in [-0.1, -0.05) is 11.6 Å². The summed E-state index contributed by atoms with van der Waals surface area (Å²) in [7, 11) is 0. The SMILES string of the molecule is CCOC(=O)c1cc(C#N)c(Cl)nc1Nc1ccc(N2CCOCC2)c(F)c1. The molecule has 1 aliphatic rings. The molecule has 0 aliphatic carbocycles. The number of esters is 1. The topological polar surface area (TPSA) is 87.5 Å². The quantitative estimate of drug-likeness (QED) is 0.602. The molecule has 2 heterocycles. The number of hydrogen-bond acceptors (Lipinski definition) is 7. The zero-order chi connectivity index (χ0) is 20.1. The highest BCUT2D eigenvalue weighted by atomic mass is 35.5. The molecule has 1 fully saturated rings. The number of carbonyl (C=O) groups is 1. The van der Waals surface area contributed by atoms with Crippen molar-refractivity contribution in [2.45, 2.75) is 6.92 Å². The molecule has 2 aromatic rings. The Morgan fingerprint density at radius 2 is 2.18 bits per heavy atom. The third-order valence-electron chi connectivity index (χ3n) is 4.15. The van der Waals surface area contributed by atoms with E-state index in [1.807, 2.05) is 11.0 Å². The molecule has 0 amide bonds. The number of anilines is 3. The minimum Gasteiger partial charge on any atom is -0.462 e. The lowest BCUT2D eigenvalue weighted by atomic mass is 10.2. The zero-order valence-corrected chi connectivity index (χ0v) is 15.9. The van der Waals surface area contributed by atoms with Gasteiger partial charge in [-0.2, -0.15) is 5.26 Å². The Kier molecular flexibility index (Phi) is 6.29. The molecule has 1 aromatic heterocycles. The van der Waals surface area contributed by atoms with Crippen LogP contribution in [-0.4, -0.2) is 43.9 Å². The summed E-state index contributed by atoms with van der Waals surface area (Å²) in [5, 5.41) is 11.9. The third-order valence-corrected chi connectivity index (χ3v) is 4.44. The van der Waals surface area contributed by atoms with E-state index in [-0.39, 0.29) is 28.7 Å². The zero-order valence-electron chi connectivity index (χ0n) is 15.2. The van der Waals surface area contributed by atoms with Crippen LogP contribution in [-0.2, 0) is 9.47 Å². The fourth-order valence-electron chi connectivity index (χ4n) is 2.81. The summed E-state index contributed by atoms with van der Waals surface area (Å²) in [5.74, 6) is -0.985. The van der Waals surface area contributed by atoms with Gasteiger partial charge in [-0.3, -0.25) is 0 Å². The van der Waals surface area contributed by atoms with Crippen LogP contribution in [0, 0.1) is 17.1 Å². The second kappa shape index (κ2) is 8.87. The average molecular weight is 405 g/mol. The van der Waals surface area contributed by atoms with E-state index in [9.17, 15) is 9.18 Å². The minimum atomic E-state index is -0.656. The summed E-state index contributed by atoms with van der Waals surface area (Å²) >= 11 is 5.99. The number of benzene rings is 1. The van der Waals surface area contributed by atoms with Gasteiger partial charge in [-0.25, -0.2) is 14.2 Å². The van der Waals surface area contributed by atoms with E-state index >= 15 is 0 Å². The van der Waals surface area contributed by atoms with Crippen molar-refractivity contribution in [1.29, 1.82) is 5.26 Å². The highest BCUT2D eigenvalue weighted by Gasteiger charge is 2.20. The molecule has 7 nitrogen and oxygen atoms in total. The molecule has 28 heavy (non-hydrogen) atoms. The van der Waals surface area contributed by atoms with Crippen LogP contribution in [0.25, 0.3) is 0 Å². The molecule has 0 spiro atoms. The van der Waals surface area contributed by atoms with Crippen molar-refractivity contribution in [2.75, 3.05) is 43.1 Å². The Labute approximate surface area is 166 Å². The molecule has 0 unspecified atom stereocenters. The Morgan fingerprint density at radius 3 is 2.82 bits per heavy atom. The number of halogens is 2. The average Bonchev–Trinajstić information content (AvgIpc) is 2.69. The lowest BCUT2D eigenvalue weighted by molar-refractivity contribution is 0.0527. The van der Waals surface area contributed by atoms with Gasteiger partial charge in [-0.15, -0.1) is 0 Å². The third kappa shape index (κ3) is 4.32. The van der Waals surface area contributed by atoms with Gasteiger partial charge < -0.3 is 19.7 Å². The number of carbonyl (C=O) groups excluding carboxylic acids is 1. The van der Waals surface area contributed by atoms with Gasteiger partial charge in [0.15, 0.2) is 0 Å². The smallest absolute Gasteiger partial charge is 0.341 e. The van der Waals surface area contributed by atoms with Gasteiger partial charge in [0.2, 0.25) is 0 Å². The van der Waals surface area contributed by atoms with Crippen molar-refractivity contribution in [3.63, 3.8) is 0 Å². The van der Waals surface area contributed by atoms with Crippen LogP contribution in [0.15, 0.2) is 24.3 Å². The Morgan fingerprint density at radius 1 is 1.43 bits per heavy atom. The number of hydrogen-bond donors (Lipinski definition) is 1. The molecule has 1 aliphatic heterocycles. The maximum Gasteiger partial charge on any atom is 0.341 e. The van der Waals surface area contributed by atoms with Crippen LogP contribution < -0.4 is 10.2 Å². The first-order valence-electron chi connectivity index (χ1n) is 8.70. The predicted octanol–water partition coefficient (Wildman–Crippen LogP) is 3.50. The molecule has 146 valence electrons. The van der Waals surface area contributed by atoms with Gasteiger partial charge >= 0.3 is 5.97 Å². The fourth-order valence-corrected chi connectivity index (χ4v) is 2.99. The number of rotatable bonds is 5. The molecule has 9 heteroatoms. The van der Waals surface area contributed by atoms with E-state index in [1.54, 1.807) is 19.1 Å². The van der Waals surface area contributed by atoms with Gasteiger partial charge in [0, 0.05) is 18.8 Å². The molecule has 3 rings (SSSR count). The van der Waals surface area contributed by atoms with Crippen LogP contribution in [0.5, 0.6) is 0 Å². The van der Waals surface area contributed by atoms with Crippen LogP contribution in [0.4, 0.5) is 21.6 Å². The summed E-state index contributed by atoms with van der Waals surface area (Å²) in [5.41, 5.74) is 0.947. The van der Waals surface area contributed by atoms with Crippen LogP contribution in [0.2, 0.25) is 5.15 Å². The number of nitrogens with one attached hydrogen (secondary N) is 1. The second-order valence-electron chi connectivity index (χ2n) is 5.95. The number of nitrogens with zero attached hydrogens (tertiary/aromatic N) is 3.